The molecule has 0 aromatic carbocycles. The van der Waals surface area contributed by atoms with Gasteiger partial charge in [-0.2, -0.15) is 0 Å². The molecule has 0 aromatic heterocycles. The summed E-state index contributed by atoms with van der Waals surface area (Å²) in [4.78, 5) is 2.77. The third-order valence-electron chi connectivity index (χ3n) is 3.89. The van der Waals surface area contributed by atoms with Crippen LogP contribution in [-0.2, 0) is 0 Å². The van der Waals surface area contributed by atoms with Crippen molar-refractivity contribution in [1.82, 2.24) is 10.2 Å². The summed E-state index contributed by atoms with van der Waals surface area (Å²) in [7, 11) is 0. The highest BCUT2D eigenvalue weighted by molar-refractivity contribution is 4.82. The fourth-order valence-electron chi connectivity index (χ4n) is 2.88. The van der Waals surface area contributed by atoms with Gasteiger partial charge in [0.2, 0.25) is 0 Å². The van der Waals surface area contributed by atoms with Gasteiger partial charge < -0.3 is 5.32 Å². The minimum Gasteiger partial charge on any atom is -0.315 e. The number of piperidine rings is 1. The smallest absolute Gasteiger partial charge is 0.0220 e. The van der Waals surface area contributed by atoms with Crippen LogP contribution in [0.3, 0.4) is 0 Å². The van der Waals surface area contributed by atoms with Crippen LogP contribution in [0.4, 0.5) is 0 Å². The first-order valence-electron chi connectivity index (χ1n) is 7.29. The van der Waals surface area contributed by atoms with Gasteiger partial charge in [-0.05, 0) is 45.2 Å². The number of rotatable bonds is 7. The Bertz CT molecular complexity index is 170. The number of nitrogens with zero attached hydrogens (tertiary/aromatic N) is 1. The van der Waals surface area contributed by atoms with Crippen molar-refractivity contribution in [3.05, 3.63) is 0 Å². The van der Waals surface area contributed by atoms with Gasteiger partial charge in [0.15, 0.2) is 0 Å². The molecule has 0 aliphatic carbocycles. The van der Waals surface area contributed by atoms with E-state index >= 15 is 0 Å². The highest BCUT2D eigenvalue weighted by Gasteiger charge is 2.26. The van der Waals surface area contributed by atoms with Crippen molar-refractivity contribution in [2.45, 2.75) is 71.4 Å². The molecule has 0 aromatic rings. The molecule has 16 heavy (non-hydrogen) atoms. The van der Waals surface area contributed by atoms with Gasteiger partial charge in [0.1, 0.15) is 0 Å². The molecule has 2 nitrogen and oxygen atoms in total. The van der Waals surface area contributed by atoms with Gasteiger partial charge in [0.05, 0.1) is 0 Å². The third-order valence-corrected chi connectivity index (χ3v) is 3.89. The zero-order chi connectivity index (χ0) is 11.8. The maximum Gasteiger partial charge on any atom is 0.0220 e. The summed E-state index contributed by atoms with van der Waals surface area (Å²) in [5, 5.41) is 3.59. The first kappa shape index (κ1) is 14.0. The van der Waals surface area contributed by atoms with Gasteiger partial charge in [-0.1, -0.05) is 27.2 Å². The Morgan fingerprint density at radius 2 is 2.06 bits per heavy atom. The van der Waals surface area contributed by atoms with Crippen molar-refractivity contribution < 1.29 is 0 Å². The van der Waals surface area contributed by atoms with Crippen molar-refractivity contribution >= 4 is 0 Å². The standard InChI is InChI=1S/C14H30N2/c1-4-10-15-12-14(6-3)16-11-8-7-9-13(16)5-2/h13-15H,4-12H2,1-3H3. The summed E-state index contributed by atoms with van der Waals surface area (Å²) < 4.78 is 0. The quantitative estimate of drug-likeness (QED) is 0.671. The van der Waals surface area contributed by atoms with E-state index in [1.165, 1.54) is 58.2 Å². The van der Waals surface area contributed by atoms with Crippen LogP contribution in [0.15, 0.2) is 0 Å². The van der Waals surface area contributed by atoms with Crippen LogP contribution in [0, 0.1) is 0 Å². The molecule has 1 heterocycles. The van der Waals surface area contributed by atoms with E-state index in [1.807, 2.05) is 0 Å². The molecule has 0 saturated carbocycles. The molecule has 1 rings (SSSR count). The van der Waals surface area contributed by atoms with E-state index < -0.39 is 0 Å². The lowest BCUT2D eigenvalue weighted by Crippen LogP contribution is -2.49. The van der Waals surface area contributed by atoms with E-state index in [0.29, 0.717) is 0 Å². The number of hydrogen-bond donors (Lipinski definition) is 1. The van der Waals surface area contributed by atoms with E-state index in [1.54, 1.807) is 0 Å². The highest BCUT2D eigenvalue weighted by Crippen LogP contribution is 2.22. The first-order valence-corrected chi connectivity index (χ1v) is 7.29. The van der Waals surface area contributed by atoms with Crippen LogP contribution in [0.1, 0.15) is 59.3 Å². The maximum absolute atomic E-state index is 3.59. The second kappa shape index (κ2) is 8.08. The van der Waals surface area contributed by atoms with Gasteiger partial charge in [-0.25, -0.2) is 0 Å². The summed E-state index contributed by atoms with van der Waals surface area (Å²) in [6.45, 7) is 10.6. The second-order valence-electron chi connectivity index (χ2n) is 5.06. The number of hydrogen-bond acceptors (Lipinski definition) is 2. The largest absolute Gasteiger partial charge is 0.315 e. The normalized spacial score (nSPS) is 24.6. The monoisotopic (exact) mass is 226 g/mol. The molecule has 1 N–H and O–H groups in total. The van der Waals surface area contributed by atoms with Gasteiger partial charge in [0.25, 0.3) is 0 Å². The molecule has 96 valence electrons. The van der Waals surface area contributed by atoms with Crippen LogP contribution in [-0.4, -0.2) is 36.6 Å². The lowest BCUT2D eigenvalue weighted by Gasteiger charge is -2.41. The molecule has 0 spiro atoms. The summed E-state index contributed by atoms with van der Waals surface area (Å²) in [5.74, 6) is 0. The summed E-state index contributed by atoms with van der Waals surface area (Å²) in [6.07, 6.45) is 8.11. The molecular formula is C14H30N2. The SMILES string of the molecule is CCCNCC(CC)N1CCCCC1CC. The number of nitrogens with one attached hydrogen (secondary N) is 1. The first-order chi connectivity index (χ1) is 7.83. The van der Waals surface area contributed by atoms with Gasteiger partial charge in [-0.3, -0.25) is 4.90 Å². The van der Waals surface area contributed by atoms with Crippen LogP contribution in [0.2, 0.25) is 0 Å². The molecule has 1 aliphatic rings. The minimum atomic E-state index is 0.761. The van der Waals surface area contributed by atoms with E-state index in [2.05, 4.69) is 31.0 Å². The molecule has 1 saturated heterocycles. The van der Waals surface area contributed by atoms with Gasteiger partial charge in [-0.15, -0.1) is 0 Å². The fourth-order valence-corrected chi connectivity index (χ4v) is 2.88. The molecular weight excluding hydrogens is 196 g/mol. The predicted molar refractivity (Wildman–Crippen MR) is 71.9 cm³/mol. The van der Waals surface area contributed by atoms with Crippen molar-refractivity contribution in [2.24, 2.45) is 0 Å². The summed E-state index contributed by atoms with van der Waals surface area (Å²) in [5.41, 5.74) is 0. The minimum absolute atomic E-state index is 0.761. The molecule has 2 heteroatoms. The van der Waals surface area contributed by atoms with Crippen LogP contribution < -0.4 is 5.32 Å². The van der Waals surface area contributed by atoms with Crippen molar-refractivity contribution in [3.8, 4) is 0 Å². The summed E-state index contributed by atoms with van der Waals surface area (Å²) in [6, 6.07) is 1.61. The fraction of sp³-hybridized carbons (Fsp3) is 1.00. The Hall–Kier alpha value is -0.0800. The Kier molecular flexibility index (Phi) is 7.06. The van der Waals surface area contributed by atoms with Crippen molar-refractivity contribution in [3.63, 3.8) is 0 Å². The van der Waals surface area contributed by atoms with Crippen LogP contribution in [0.25, 0.3) is 0 Å². The van der Waals surface area contributed by atoms with Gasteiger partial charge in [0, 0.05) is 18.6 Å². The zero-order valence-electron chi connectivity index (χ0n) is 11.5. The molecule has 0 amide bonds. The van der Waals surface area contributed by atoms with Crippen molar-refractivity contribution in [2.75, 3.05) is 19.6 Å². The molecule has 2 atom stereocenters. The van der Waals surface area contributed by atoms with Crippen LogP contribution >= 0.6 is 0 Å². The second-order valence-corrected chi connectivity index (χ2v) is 5.06. The van der Waals surface area contributed by atoms with E-state index in [-0.39, 0.29) is 0 Å². The van der Waals surface area contributed by atoms with E-state index in [9.17, 15) is 0 Å². The van der Waals surface area contributed by atoms with Crippen molar-refractivity contribution in [1.29, 1.82) is 0 Å². The molecule has 1 fully saturated rings. The number of likely N-dealkylation sites (tertiary alicyclic amines) is 1. The Morgan fingerprint density at radius 3 is 2.69 bits per heavy atom. The Balaban J connectivity index is 2.41. The topological polar surface area (TPSA) is 15.3 Å². The molecule has 2 unspecified atom stereocenters. The molecule has 0 radical (unpaired) electrons. The average molecular weight is 226 g/mol. The predicted octanol–water partition coefficient (Wildman–Crippen LogP) is 3.03. The molecule has 0 bridgehead atoms. The molecule has 1 aliphatic heterocycles. The maximum atomic E-state index is 3.59. The lowest BCUT2D eigenvalue weighted by atomic mass is 9.97. The summed E-state index contributed by atoms with van der Waals surface area (Å²) >= 11 is 0. The third kappa shape index (κ3) is 4.06. The lowest BCUT2D eigenvalue weighted by molar-refractivity contribution is 0.0883. The van der Waals surface area contributed by atoms with Crippen LogP contribution in [0.5, 0.6) is 0 Å². The Labute approximate surface area is 102 Å². The average Bonchev–Trinajstić information content (AvgIpc) is 2.35. The Morgan fingerprint density at radius 1 is 1.25 bits per heavy atom. The van der Waals surface area contributed by atoms with E-state index in [4.69, 9.17) is 0 Å². The van der Waals surface area contributed by atoms with E-state index in [0.717, 1.165) is 12.1 Å². The zero-order valence-corrected chi connectivity index (χ0v) is 11.5. The van der Waals surface area contributed by atoms with Gasteiger partial charge >= 0.3 is 0 Å². The highest BCUT2D eigenvalue weighted by atomic mass is 15.2.